The standard InChI is InChI=1S/C10H12N2O2/c1-8-7-14-10(12-8)11-5-4-9-3-2-6-13-9/h2-3,6-7H,4-5H2,1H3,(H,11,12). The average molecular weight is 192 g/mol. The lowest BCUT2D eigenvalue weighted by Gasteiger charge is -1.98. The Balaban J connectivity index is 1.78. The first-order valence-electron chi connectivity index (χ1n) is 4.53. The minimum Gasteiger partial charge on any atom is -0.469 e. The Morgan fingerprint density at radius 2 is 2.36 bits per heavy atom. The summed E-state index contributed by atoms with van der Waals surface area (Å²) >= 11 is 0. The third-order valence-electron chi connectivity index (χ3n) is 1.85. The zero-order chi connectivity index (χ0) is 9.80. The van der Waals surface area contributed by atoms with Crippen molar-refractivity contribution in [2.45, 2.75) is 13.3 Å². The van der Waals surface area contributed by atoms with Crippen LogP contribution in [-0.2, 0) is 6.42 Å². The Labute approximate surface area is 81.9 Å². The zero-order valence-electron chi connectivity index (χ0n) is 7.99. The number of nitrogens with zero attached hydrogens (tertiary/aromatic N) is 1. The highest BCUT2D eigenvalue weighted by Crippen LogP contribution is 2.06. The van der Waals surface area contributed by atoms with Gasteiger partial charge in [-0.05, 0) is 19.1 Å². The summed E-state index contributed by atoms with van der Waals surface area (Å²) in [6.45, 7) is 2.65. The van der Waals surface area contributed by atoms with Crippen molar-refractivity contribution < 1.29 is 8.83 Å². The summed E-state index contributed by atoms with van der Waals surface area (Å²) in [5, 5.41) is 3.07. The fourth-order valence-electron chi connectivity index (χ4n) is 1.18. The summed E-state index contributed by atoms with van der Waals surface area (Å²) < 4.78 is 10.3. The van der Waals surface area contributed by atoms with E-state index in [9.17, 15) is 0 Å². The number of rotatable bonds is 4. The van der Waals surface area contributed by atoms with Crippen LogP contribution in [0.4, 0.5) is 6.01 Å². The van der Waals surface area contributed by atoms with Gasteiger partial charge in [0, 0.05) is 13.0 Å². The van der Waals surface area contributed by atoms with Crippen LogP contribution in [0.3, 0.4) is 0 Å². The fourth-order valence-corrected chi connectivity index (χ4v) is 1.18. The van der Waals surface area contributed by atoms with Gasteiger partial charge in [0.05, 0.1) is 12.0 Å². The van der Waals surface area contributed by atoms with E-state index in [0.717, 1.165) is 24.4 Å². The molecule has 0 unspecified atom stereocenters. The van der Waals surface area contributed by atoms with Gasteiger partial charge in [-0.1, -0.05) is 0 Å². The van der Waals surface area contributed by atoms with Gasteiger partial charge in [0.1, 0.15) is 12.0 Å². The Morgan fingerprint density at radius 3 is 3.00 bits per heavy atom. The Hall–Kier alpha value is -1.71. The lowest BCUT2D eigenvalue weighted by atomic mass is 10.3. The van der Waals surface area contributed by atoms with Crippen LogP contribution >= 0.6 is 0 Å². The van der Waals surface area contributed by atoms with Crippen molar-refractivity contribution in [3.05, 3.63) is 36.1 Å². The van der Waals surface area contributed by atoms with Crippen LogP contribution in [0.1, 0.15) is 11.5 Å². The summed E-state index contributed by atoms with van der Waals surface area (Å²) in [4.78, 5) is 4.12. The summed E-state index contributed by atoms with van der Waals surface area (Å²) in [5.74, 6) is 0.959. The molecule has 2 heterocycles. The molecule has 0 saturated heterocycles. The smallest absolute Gasteiger partial charge is 0.294 e. The highest BCUT2D eigenvalue weighted by molar-refractivity contribution is 5.20. The first-order valence-corrected chi connectivity index (χ1v) is 4.53. The molecule has 1 N–H and O–H groups in total. The Kier molecular flexibility index (Phi) is 2.53. The van der Waals surface area contributed by atoms with E-state index in [4.69, 9.17) is 8.83 Å². The van der Waals surface area contributed by atoms with E-state index in [-0.39, 0.29) is 0 Å². The van der Waals surface area contributed by atoms with Crippen molar-refractivity contribution in [1.82, 2.24) is 4.98 Å². The second-order valence-corrected chi connectivity index (χ2v) is 3.05. The molecule has 0 saturated carbocycles. The van der Waals surface area contributed by atoms with Gasteiger partial charge in [-0.15, -0.1) is 0 Å². The number of anilines is 1. The maximum absolute atomic E-state index is 5.19. The number of aromatic nitrogens is 1. The van der Waals surface area contributed by atoms with Crippen LogP contribution in [0.25, 0.3) is 0 Å². The molecule has 0 radical (unpaired) electrons. The summed E-state index contributed by atoms with van der Waals surface area (Å²) in [6, 6.07) is 4.39. The van der Waals surface area contributed by atoms with Gasteiger partial charge in [-0.25, -0.2) is 0 Å². The average Bonchev–Trinajstić information content (AvgIpc) is 2.77. The van der Waals surface area contributed by atoms with E-state index in [0.29, 0.717) is 6.01 Å². The van der Waals surface area contributed by atoms with Gasteiger partial charge >= 0.3 is 0 Å². The Bertz CT molecular complexity index is 378. The van der Waals surface area contributed by atoms with Gasteiger partial charge in [0.15, 0.2) is 0 Å². The quantitative estimate of drug-likeness (QED) is 0.807. The lowest BCUT2D eigenvalue weighted by Crippen LogP contribution is -2.04. The zero-order valence-corrected chi connectivity index (χ0v) is 7.99. The van der Waals surface area contributed by atoms with Gasteiger partial charge in [0.25, 0.3) is 6.01 Å². The molecule has 0 bridgehead atoms. The minimum absolute atomic E-state index is 0.564. The molecule has 4 heteroatoms. The predicted molar refractivity (Wildman–Crippen MR) is 52.1 cm³/mol. The number of nitrogens with one attached hydrogen (secondary N) is 1. The molecular formula is C10H12N2O2. The van der Waals surface area contributed by atoms with Crippen molar-refractivity contribution in [3.63, 3.8) is 0 Å². The fraction of sp³-hybridized carbons (Fsp3) is 0.300. The van der Waals surface area contributed by atoms with E-state index < -0.39 is 0 Å². The third kappa shape index (κ3) is 2.16. The van der Waals surface area contributed by atoms with Crippen LogP contribution in [0.5, 0.6) is 0 Å². The second kappa shape index (κ2) is 4.00. The van der Waals surface area contributed by atoms with Crippen LogP contribution in [0.2, 0.25) is 0 Å². The molecule has 0 aliphatic heterocycles. The van der Waals surface area contributed by atoms with Crippen molar-refractivity contribution in [1.29, 1.82) is 0 Å². The van der Waals surface area contributed by atoms with Crippen molar-refractivity contribution in [2.24, 2.45) is 0 Å². The highest BCUT2D eigenvalue weighted by Gasteiger charge is 1.99. The maximum atomic E-state index is 5.19. The van der Waals surface area contributed by atoms with Crippen LogP contribution < -0.4 is 5.32 Å². The molecule has 0 aromatic carbocycles. The minimum atomic E-state index is 0.564. The van der Waals surface area contributed by atoms with E-state index in [1.807, 2.05) is 19.1 Å². The van der Waals surface area contributed by atoms with Crippen LogP contribution in [0, 0.1) is 6.92 Å². The molecule has 0 amide bonds. The number of aryl methyl sites for hydroxylation is 1. The summed E-state index contributed by atoms with van der Waals surface area (Å²) in [5.41, 5.74) is 0.880. The second-order valence-electron chi connectivity index (χ2n) is 3.05. The first-order chi connectivity index (χ1) is 6.84. The van der Waals surface area contributed by atoms with Gasteiger partial charge in [0.2, 0.25) is 0 Å². The number of furan rings is 1. The van der Waals surface area contributed by atoms with E-state index >= 15 is 0 Å². The van der Waals surface area contributed by atoms with Crippen molar-refractivity contribution in [3.8, 4) is 0 Å². The molecule has 2 aromatic rings. The molecule has 0 atom stereocenters. The number of oxazole rings is 1. The van der Waals surface area contributed by atoms with Gasteiger partial charge in [-0.3, -0.25) is 0 Å². The van der Waals surface area contributed by atoms with Gasteiger partial charge < -0.3 is 14.2 Å². The predicted octanol–water partition coefficient (Wildman–Crippen LogP) is 2.23. The largest absolute Gasteiger partial charge is 0.469 e. The molecular weight excluding hydrogens is 180 g/mol. The SMILES string of the molecule is Cc1coc(NCCc2ccco2)n1. The summed E-state index contributed by atoms with van der Waals surface area (Å²) in [7, 11) is 0. The molecule has 0 aliphatic rings. The monoisotopic (exact) mass is 192 g/mol. The van der Waals surface area contributed by atoms with E-state index in [2.05, 4.69) is 10.3 Å². The van der Waals surface area contributed by atoms with Crippen LogP contribution in [0.15, 0.2) is 33.5 Å². The third-order valence-corrected chi connectivity index (χ3v) is 1.85. The Morgan fingerprint density at radius 1 is 1.43 bits per heavy atom. The topological polar surface area (TPSA) is 51.2 Å². The van der Waals surface area contributed by atoms with Crippen LogP contribution in [-0.4, -0.2) is 11.5 Å². The number of hydrogen-bond donors (Lipinski definition) is 1. The highest BCUT2D eigenvalue weighted by atomic mass is 16.4. The van der Waals surface area contributed by atoms with E-state index in [1.54, 1.807) is 12.5 Å². The normalized spacial score (nSPS) is 10.4. The molecule has 74 valence electrons. The summed E-state index contributed by atoms with van der Waals surface area (Å²) in [6.07, 6.45) is 4.12. The molecule has 0 spiro atoms. The molecule has 0 aliphatic carbocycles. The molecule has 2 rings (SSSR count). The maximum Gasteiger partial charge on any atom is 0.294 e. The molecule has 14 heavy (non-hydrogen) atoms. The number of hydrogen-bond acceptors (Lipinski definition) is 4. The molecule has 0 fully saturated rings. The van der Waals surface area contributed by atoms with Gasteiger partial charge in [-0.2, -0.15) is 4.98 Å². The van der Waals surface area contributed by atoms with Crippen molar-refractivity contribution in [2.75, 3.05) is 11.9 Å². The first kappa shape index (κ1) is 8.87. The lowest BCUT2D eigenvalue weighted by molar-refractivity contribution is 0.510. The van der Waals surface area contributed by atoms with Crippen molar-refractivity contribution >= 4 is 6.01 Å². The molecule has 2 aromatic heterocycles. The molecule has 4 nitrogen and oxygen atoms in total. The van der Waals surface area contributed by atoms with E-state index in [1.165, 1.54) is 0 Å².